The molecule has 1 amide bonds. The molecule has 0 saturated heterocycles. The first-order chi connectivity index (χ1) is 17.0. The Bertz CT molecular complexity index is 1270. The van der Waals surface area contributed by atoms with Gasteiger partial charge in [0, 0.05) is 23.1 Å². The first kappa shape index (κ1) is 24.7. The number of carbonyl (C=O) groups excluding carboxylic acids is 1. The average molecular weight is 506 g/mol. The molecule has 0 aliphatic carbocycles. The van der Waals surface area contributed by atoms with Crippen molar-refractivity contribution in [1.29, 1.82) is 0 Å². The van der Waals surface area contributed by atoms with E-state index in [-0.39, 0.29) is 11.7 Å². The Labute approximate surface area is 213 Å². The summed E-state index contributed by atoms with van der Waals surface area (Å²) < 4.78 is 7.72. The second kappa shape index (κ2) is 11.8. The van der Waals surface area contributed by atoms with E-state index in [1.54, 1.807) is 6.08 Å². The first-order valence-corrected chi connectivity index (χ1v) is 13.1. The highest BCUT2D eigenvalue weighted by atomic mass is 32.2. The van der Waals surface area contributed by atoms with Crippen molar-refractivity contribution >= 4 is 34.1 Å². The van der Waals surface area contributed by atoms with Gasteiger partial charge in [-0.05, 0) is 30.2 Å². The van der Waals surface area contributed by atoms with Gasteiger partial charge < -0.3 is 10.1 Å². The van der Waals surface area contributed by atoms with Crippen LogP contribution in [0.5, 0.6) is 5.75 Å². The highest BCUT2D eigenvalue weighted by molar-refractivity contribution is 7.99. The Morgan fingerprint density at radius 3 is 2.63 bits per heavy atom. The SMILES string of the molecule is C=CCn1c(SCC(=O)Nc2nc(-c3ccccc3)cs2)nnc1-c1ccc(OCC(C)C)cc1. The fourth-order valence-electron chi connectivity index (χ4n) is 3.22. The van der Waals surface area contributed by atoms with Crippen LogP contribution >= 0.6 is 23.1 Å². The molecule has 0 unspecified atom stereocenters. The predicted octanol–water partition coefficient (Wildman–Crippen LogP) is 6.02. The molecule has 4 aromatic rings. The van der Waals surface area contributed by atoms with Crippen LogP contribution in [0.25, 0.3) is 22.6 Å². The molecule has 4 rings (SSSR count). The maximum atomic E-state index is 12.6. The highest BCUT2D eigenvalue weighted by Crippen LogP contribution is 2.27. The second-order valence-corrected chi connectivity index (χ2v) is 9.98. The molecule has 35 heavy (non-hydrogen) atoms. The Morgan fingerprint density at radius 1 is 1.14 bits per heavy atom. The summed E-state index contributed by atoms with van der Waals surface area (Å²) in [5.74, 6) is 2.04. The van der Waals surface area contributed by atoms with E-state index in [2.05, 4.69) is 40.9 Å². The van der Waals surface area contributed by atoms with Crippen molar-refractivity contribution in [3.8, 4) is 28.4 Å². The summed E-state index contributed by atoms with van der Waals surface area (Å²) in [5, 5.41) is 14.7. The van der Waals surface area contributed by atoms with E-state index in [1.165, 1.54) is 23.1 Å². The Hall–Kier alpha value is -3.43. The van der Waals surface area contributed by atoms with Crippen LogP contribution in [-0.4, -0.2) is 38.0 Å². The number of ether oxygens (including phenoxy) is 1. The number of rotatable bonds is 11. The summed E-state index contributed by atoms with van der Waals surface area (Å²) in [5.41, 5.74) is 2.78. The molecule has 2 aromatic carbocycles. The number of hydrogen-bond acceptors (Lipinski definition) is 7. The second-order valence-electron chi connectivity index (χ2n) is 8.18. The van der Waals surface area contributed by atoms with Gasteiger partial charge in [0.2, 0.25) is 5.91 Å². The molecule has 0 fully saturated rings. The number of allylic oxidation sites excluding steroid dienone is 1. The number of nitrogens with zero attached hydrogens (tertiary/aromatic N) is 4. The van der Waals surface area contributed by atoms with Crippen molar-refractivity contribution in [3.63, 3.8) is 0 Å². The molecule has 0 bridgehead atoms. The van der Waals surface area contributed by atoms with Gasteiger partial charge in [-0.15, -0.1) is 28.1 Å². The molecule has 2 heterocycles. The molecule has 2 aromatic heterocycles. The smallest absolute Gasteiger partial charge is 0.236 e. The van der Waals surface area contributed by atoms with E-state index >= 15 is 0 Å². The standard InChI is InChI=1S/C26H27N5O2S2/c1-4-14-31-24(20-10-12-21(13-11-20)33-15-18(2)3)29-30-26(31)35-17-23(32)28-25-27-22(16-34-25)19-8-6-5-7-9-19/h4-13,16,18H,1,14-15,17H2,2-3H3,(H,27,28,32). The number of thiazole rings is 1. The summed E-state index contributed by atoms with van der Waals surface area (Å²) in [6.07, 6.45) is 1.79. The normalized spacial score (nSPS) is 10.9. The minimum Gasteiger partial charge on any atom is -0.493 e. The molecule has 0 spiro atoms. The Balaban J connectivity index is 1.39. The first-order valence-electron chi connectivity index (χ1n) is 11.2. The maximum Gasteiger partial charge on any atom is 0.236 e. The molecular weight excluding hydrogens is 478 g/mol. The molecule has 0 atom stereocenters. The lowest BCUT2D eigenvalue weighted by Crippen LogP contribution is -2.14. The van der Waals surface area contributed by atoms with Crippen molar-refractivity contribution in [3.05, 3.63) is 72.6 Å². The van der Waals surface area contributed by atoms with Gasteiger partial charge in [-0.1, -0.05) is 62.0 Å². The molecule has 0 saturated carbocycles. The van der Waals surface area contributed by atoms with Gasteiger partial charge in [-0.25, -0.2) is 4.98 Å². The monoisotopic (exact) mass is 505 g/mol. The molecule has 0 radical (unpaired) electrons. The number of thioether (sulfide) groups is 1. The zero-order valence-electron chi connectivity index (χ0n) is 19.7. The van der Waals surface area contributed by atoms with Gasteiger partial charge in [0.25, 0.3) is 0 Å². The summed E-state index contributed by atoms with van der Waals surface area (Å²) in [7, 11) is 0. The third-order valence-corrected chi connectivity index (χ3v) is 6.60. The van der Waals surface area contributed by atoms with Crippen LogP contribution < -0.4 is 10.1 Å². The minimum atomic E-state index is -0.148. The number of anilines is 1. The van der Waals surface area contributed by atoms with Crippen molar-refractivity contribution < 1.29 is 9.53 Å². The number of amides is 1. The lowest BCUT2D eigenvalue weighted by Gasteiger charge is -2.10. The van der Waals surface area contributed by atoms with E-state index in [4.69, 9.17) is 4.74 Å². The van der Waals surface area contributed by atoms with Crippen molar-refractivity contribution in [2.75, 3.05) is 17.7 Å². The predicted molar refractivity (Wildman–Crippen MR) is 143 cm³/mol. The third-order valence-electron chi connectivity index (χ3n) is 4.88. The summed E-state index contributed by atoms with van der Waals surface area (Å²) in [6.45, 7) is 9.29. The molecule has 0 aliphatic rings. The summed E-state index contributed by atoms with van der Waals surface area (Å²) in [4.78, 5) is 17.1. The van der Waals surface area contributed by atoms with E-state index < -0.39 is 0 Å². The summed E-state index contributed by atoms with van der Waals surface area (Å²) in [6, 6.07) is 17.7. The highest BCUT2D eigenvalue weighted by Gasteiger charge is 2.16. The molecule has 7 nitrogen and oxygen atoms in total. The lowest BCUT2D eigenvalue weighted by molar-refractivity contribution is -0.113. The van der Waals surface area contributed by atoms with Crippen molar-refractivity contribution in [2.24, 2.45) is 5.92 Å². The minimum absolute atomic E-state index is 0.148. The van der Waals surface area contributed by atoms with E-state index in [1.807, 2.05) is 64.5 Å². The van der Waals surface area contributed by atoms with Gasteiger partial charge in [-0.2, -0.15) is 0 Å². The van der Waals surface area contributed by atoms with Gasteiger partial charge in [0.05, 0.1) is 18.1 Å². The van der Waals surface area contributed by atoms with Gasteiger partial charge in [0.1, 0.15) is 5.75 Å². The van der Waals surface area contributed by atoms with Crippen molar-refractivity contribution in [2.45, 2.75) is 25.5 Å². The number of benzene rings is 2. The van der Waals surface area contributed by atoms with Crippen LogP contribution in [0, 0.1) is 5.92 Å². The zero-order valence-corrected chi connectivity index (χ0v) is 21.3. The molecule has 9 heteroatoms. The zero-order chi connectivity index (χ0) is 24.6. The lowest BCUT2D eigenvalue weighted by atomic mass is 10.2. The molecule has 180 valence electrons. The topological polar surface area (TPSA) is 81.9 Å². The van der Waals surface area contributed by atoms with E-state index in [0.717, 1.165) is 28.4 Å². The number of hydrogen-bond donors (Lipinski definition) is 1. The Morgan fingerprint density at radius 2 is 1.91 bits per heavy atom. The largest absolute Gasteiger partial charge is 0.493 e. The van der Waals surface area contributed by atoms with Crippen LogP contribution in [0.4, 0.5) is 5.13 Å². The van der Waals surface area contributed by atoms with Crippen LogP contribution in [0.15, 0.2) is 77.8 Å². The fraction of sp³-hybridized carbons (Fsp3) is 0.231. The quantitative estimate of drug-likeness (QED) is 0.198. The van der Waals surface area contributed by atoms with E-state index in [0.29, 0.717) is 29.4 Å². The summed E-state index contributed by atoms with van der Waals surface area (Å²) >= 11 is 2.73. The number of aromatic nitrogens is 4. The van der Waals surface area contributed by atoms with Crippen LogP contribution in [0.1, 0.15) is 13.8 Å². The average Bonchev–Trinajstić information content (AvgIpc) is 3.50. The van der Waals surface area contributed by atoms with Gasteiger partial charge in [-0.3, -0.25) is 9.36 Å². The third kappa shape index (κ3) is 6.58. The number of nitrogens with one attached hydrogen (secondary N) is 1. The van der Waals surface area contributed by atoms with Crippen LogP contribution in [0.3, 0.4) is 0 Å². The van der Waals surface area contributed by atoms with E-state index in [9.17, 15) is 4.79 Å². The fourth-order valence-corrected chi connectivity index (χ4v) is 4.71. The van der Waals surface area contributed by atoms with Gasteiger partial charge >= 0.3 is 0 Å². The maximum absolute atomic E-state index is 12.6. The van der Waals surface area contributed by atoms with Crippen LogP contribution in [-0.2, 0) is 11.3 Å². The molecular formula is C26H27N5O2S2. The van der Waals surface area contributed by atoms with Crippen LogP contribution in [0.2, 0.25) is 0 Å². The van der Waals surface area contributed by atoms with Gasteiger partial charge in [0.15, 0.2) is 16.1 Å². The molecule has 1 N–H and O–H groups in total. The van der Waals surface area contributed by atoms with Crippen molar-refractivity contribution in [1.82, 2.24) is 19.7 Å². The number of carbonyl (C=O) groups is 1. The molecule has 0 aliphatic heterocycles. The Kier molecular flexibility index (Phi) is 8.33.